The standard InChI is InChI=1S/C28H36N2O6/c1-20(31)4-5-21-6-9-23(10-7-21)34-15-12-27(32)29-24(19-30-13-2-3-14-30)28(33)22-8-11-25-26(18-22)36-17-16-35-25/h6-11,18,24,28,33H,2-5,12-17,19H2,1H3,(H,29,32). The van der Waals surface area contributed by atoms with Gasteiger partial charge in [0.05, 0.1) is 19.1 Å². The van der Waals surface area contributed by atoms with Gasteiger partial charge in [0.1, 0.15) is 30.9 Å². The van der Waals surface area contributed by atoms with E-state index in [1.165, 1.54) is 0 Å². The summed E-state index contributed by atoms with van der Waals surface area (Å²) in [5, 5.41) is 14.2. The summed E-state index contributed by atoms with van der Waals surface area (Å²) in [5.41, 5.74) is 1.76. The van der Waals surface area contributed by atoms with Crippen LogP contribution in [0.1, 0.15) is 49.8 Å². The SMILES string of the molecule is CC(=O)CCc1ccc(OCCC(=O)NC(CN2CCCC2)C(O)c2ccc3c(c2)OCCO3)cc1. The number of aryl methyl sites for hydroxylation is 1. The molecule has 2 aromatic carbocycles. The number of fused-ring (bicyclic) bond motifs is 1. The molecule has 8 heteroatoms. The van der Waals surface area contributed by atoms with Gasteiger partial charge < -0.3 is 34.3 Å². The number of likely N-dealkylation sites (tertiary alicyclic amines) is 1. The molecule has 2 unspecified atom stereocenters. The summed E-state index contributed by atoms with van der Waals surface area (Å²) in [6.45, 7) is 5.31. The number of rotatable bonds is 12. The molecule has 1 fully saturated rings. The van der Waals surface area contributed by atoms with Crippen molar-refractivity contribution in [2.45, 2.75) is 51.2 Å². The highest BCUT2D eigenvalue weighted by Gasteiger charge is 2.27. The zero-order chi connectivity index (χ0) is 25.3. The maximum Gasteiger partial charge on any atom is 0.223 e. The van der Waals surface area contributed by atoms with E-state index in [-0.39, 0.29) is 24.7 Å². The molecule has 0 bridgehead atoms. The second-order valence-electron chi connectivity index (χ2n) is 9.47. The molecular weight excluding hydrogens is 460 g/mol. The molecule has 0 radical (unpaired) electrons. The Bertz CT molecular complexity index is 1020. The summed E-state index contributed by atoms with van der Waals surface area (Å²) < 4.78 is 17.0. The predicted molar refractivity (Wildman–Crippen MR) is 136 cm³/mol. The van der Waals surface area contributed by atoms with Gasteiger partial charge in [-0.25, -0.2) is 0 Å². The number of nitrogens with one attached hydrogen (secondary N) is 1. The molecule has 4 rings (SSSR count). The average Bonchev–Trinajstić information content (AvgIpc) is 3.40. The van der Waals surface area contributed by atoms with Crippen molar-refractivity contribution in [3.05, 3.63) is 53.6 Å². The Morgan fingerprint density at radius 3 is 2.47 bits per heavy atom. The van der Waals surface area contributed by atoms with E-state index in [0.29, 0.717) is 55.4 Å². The monoisotopic (exact) mass is 496 g/mol. The molecule has 8 nitrogen and oxygen atoms in total. The zero-order valence-corrected chi connectivity index (χ0v) is 20.9. The molecule has 0 aromatic heterocycles. The Labute approximate surface area is 212 Å². The third-order valence-electron chi connectivity index (χ3n) is 6.58. The normalized spacial score (nSPS) is 16.8. The van der Waals surface area contributed by atoms with E-state index < -0.39 is 12.1 Å². The smallest absolute Gasteiger partial charge is 0.223 e. The van der Waals surface area contributed by atoms with Crippen LogP contribution in [0.2, 0.25) is 0 Å². The van der Waals surface area contributed by atoms with Gasteiger partial charge in [0.25, 0.3) is 0 Å². The van der Waals surface area contributed by atoms with E-state index >= 15 is 0 Å². The highest BCUT2D eigenvalue weighted by molar-refractivity contribution is 5.76. The van der Waals surface area contributed by atoms with Gasteiger partial charge in [-0.05, 0) is 74.7 Å². The van der Waals surface area contributed by atoms with E-state index in [1.807, 2.05) is 30.3 Å². The minimum atomic E-state index is -0.881. The van der Waals surface area contributed by atoms with E-state index in [2.05, 4.69) is 10.2 Å². The molecular formula is C28H36N2O6. The van der Waals surface area contributed by atoms with Gasteiger partial charge in [-0.1, -0.05) is 18.2 Å². The molecule has 2 aliphatic rings. The summed E-state index contributed by atoms with van der Waals surface area (Å²) in [7, 11) is 0. The number of nitrogens with zero attached hydrogens (tertiary/aromatic N) is 1. The summed E-state index contributed by atoms with van der Waals surface area (Å²) in [6, 6.07) is 12.6. The minimum Gasteiger partial charge on any atom is -0.493 e. The van der Waals surface area contributed by atoms with Crippen LogP contribution in [-0.4, -0.2) is 67.2 Å². The first-order chi connectivity index (χ1) is 17.5. The quantitative estimate of drug-likeness (QED) is 0.466. The minimum absolute atomic E-state index is 0.170. The number of Topliss-reactive ketones (excluding diaryl/α,β-unsaturated/α-hetero) is 1. The Kier molecular flexibility index (Phi) is 9.19. The fraction of sp³-hybridized carbons (Fsp3) is 0.500. The largest absolute Gasteiger partial charge is 0.493 e. The molecule has 0 saturated carbocycles. The first kappa shape index (κ1) is 26.0. The number of carbonyl (C=O) groups is 2. The van der Waals surface area contributed by atoms with Crippen LogP contribution in [0, 0.1) is 0 Å². The number of hydrogen-bond acceptors (Lipinski definition) is 7. The highest BCUT2D eigenvalue weighted by atomic mass is 16.6. The van der Waals surface area contributed by atoms with Crippen LogP contribution >= 0.6 is 0 Å². The first-order valence-corrected chi connectivity index (χ1v) is 12.8. The number of ether oxygens (including phenoxy) is 3. The van der Waals surface area contributed by atoms with Crippen LogP contribution in [0.4, 0.5) is 0 Å². The summed E-state index contributed by atoms with van der Waals surface area (Å²) in [5.74, 6) is 1.96. The fourth-order valence-electron chi connectivity index (χ4n) is 4.56. The molecule has 36 heavy (non-hydrogen) atoms. The Balaban J connectivity index is 1.32. The van der Waals surface area contributed by atoms with Gasteiger partial charge >= 0.3 is 0 Å². The first-order valence-electron chi connectivity index (χ1n) is 12.8. The molecule has 0 aliphatic carbocycles. The topological polar surface area (TPSA) is 97.3 Å². The maximum atomic E-state index is 12.8. The number of ketones is 1. The maximum absolute atomic E-state index is 12.8. The van der Waals surface area contributed by atoms with Crippen LogP contribution in [0.5, 0.6) is 17.2 Å². The van der Waals surface area contributed by atoms with Gasteiger partial charge in [-0.15, -0.1) is 0 Å². The predicted octanol–water partition coefficient (Wildman–Crippen LogP) is 3.06. The van der Waals surface area contributed by atoms with E-state index in [9.17, 15) is 14.7 Å². The van der Waals surface area contributed by atoms with Gasteiger partial charge in [-0.3, -0.25) is 4.79 Å². The molecule has 2 aromatic rings. The Hall–Kier alpha value is -3.10. The summed E-state index contributed by atoms with van der Waals surface area (Å²) in [6.07, 6.45) is 2.79. The van der Waals surface area contributed by atoms with Crippen molar-refractivity contribution in [1.29, 1.82) is 0 Å². The van der Waals surface area contributed by atoms with Crippen molar-refractivity contribution in [3.63, 3.8) is 0 Å². The van der Waals surface area contributed by atoms with E-state index in [1.54, 1.807) is 19.1 Å². The molecule has 1 saturated heterocycles. The molecule has 1 amide bonds. The van der Waals surface area contributed by atoms with Crippen LogP contribution in [0.3, 0.4) is 0 Å². The van der Waals surface area contributed by atoms with E-state index in [0.717, 1.165) is 31.5 Å². The lowest BCUT2D eigenvalue weighted by Gasteiger charge is -2.29. The van der Waals surface area contributed by atoms with Crippen molar-refractivity contribution >= 4 is 11.7 Å². The fourth-order valence-corrected chi connectivity index (χ4v) is 4.56. The average molecular weight is 497 g/mol. The van der Waals surface area contributed by atoms with Gasteiger partial charge in [-0.2, -0.15) is 0 Å². The molecule has 2 atom stereocenters. The molecule has 2 N–H and O–H groups in total. The number of hydrogen-bond donors (Lipinski definition) is 2. The van der Waals surface area contributed by atoms with Crippen molar-refractivity contribution in [1.82, 2.24) is 10.2 Å². The lowest BCUT2D eigenvalue weighted by Crippen LogP contribution is -2.47. The third kappa shape index (κ3) is 7.45. The van der Waals surface area contributed by atoms with Crippen LogP contribution < -0.4 is 19.5 Å². The molecule has 2 heterocycles. The lowest BCUT2D eigenvalue weighted by molar-refractivity contribution is -0.123. The molecule has 2 aliphatic heterocycles. The molecule has 194 valence electrons. The third-order valence-corrected chi connectivity index (χ3v) is 6.58. The van der Waals surface area contributed by atoms with Crippen molar-refractivity contribution in [2.24, 2.45) is 0 Å². The number of carbonyl (C=O) groups excluding carboxylic acids is 2. The second kappa shape index (κ2) is 12.7. The van der Waals surface area contributed by atoms with Gasteiger partial charge in [0.2, 0.25) is 5.91 Å². The number of aliphatic hydroxyl groups excluding tert-OH is 1. The van der Waals surface area contributed by atoms with Crippen molar-refractivity contribution < 1.29 is 28.9 Å². The molecule has 0 spiro atoms. The summed E-state index contributed by atoms with van der Waals surface area (Å²) in [4.78, 5) is 26.2. The van der Waals surface area contributed by atoms with Gasteiger partial charge in [0, 0.05) is 13.0 Å². The zero-order valence-electron chi connectivity index (χ0n) is 20.9. The number of benzene rings is 2. The van der Waals surface area contributed by atoms with E-state index in [4.69, 9.17) is 14.2 Å². The second-order valence-corrected chi connectivity index (χ2v) is 9.47. The number of aliphatic hydroxyl groups is 1. The summed E-state index contributed by atoms with van der Waals surface area (Å²) >= 11 is 0. The highest BCUT2D eigenvalue weighted by Crippen LogP contribution is 2.33. The lowest BCUT2D eigenvalue weighted by atomic mass is 10.0. The number of amides is 1. The van der Waals surface area contributed by atoms with Crippen molar-refractivity contribution in [3.8, 4) is 17.2 Å². The van der Waals surface area contributed by atoms with Crippen molar-refractivity contribution in [2.75, 3.05) is 39.5 Å². The van der Waals surface area contributed by atoms with Crippen LogP contribution in [0.25, 0.3) is 0 Å². The van der Waals surface area contributed by atoms with Gasteiger partial charge in [0.15, 0.2) is 11.5 Å². The Morgan fingerprint density at radius 1 is 1.03 bits per heavy atom. The van der Waals surface area contributed by atoms with Crippen LogP contribution in [-0.2, 0) is 16.0 Å². The Morgan fingerprint density at radius 2 is 1.75 bits per heavy atom. The van der Waals surface area contributed by atoms with Crippen LogP contribution in [0.15, 0.2) is 42.5 Å².